The van der Waals surface area contributed by atoms with Gasteiger partial charge in [0.1, 0.15) is 0 Å². The first-order chi connectivity index (χ1) is 7.56. The zero-order valence-electron chi connectivity index (χ0n) is 8.99. The number of amides is 1. The Balaban J connectivity index is 2.99. The molecule has 0 aliphatic carbocycles. The van der Waals surface area contributed by atoms with Gasteiger partial charge in [0.2, 0.25) is 0 Å². The molecule has 0 aromatic carbocycles. The van der Waals surface area contributed by atoms with Gasteiger partial charge in [-0.2, -0.15) is 13.2 Å². The van der Waals surface area contributed by atoms with Crippen molar-refractivity contribution in [2.24, 2.45) is 11.3 Å². The molecule has 2 atom stereocenters. The Bertz CT molecular complexity index is 344. The van der Waals surface area contributed by atoms with Gasteiger partial charge in [-0.05, 0) is 13.3 Å². The molecule has 0 aromatic heterocycles. The largest absolute Gasteiger partial charge is 0.481 e. The Morgan fingerprint density at radius 1 is 1.35 bits per heavy atom. The highest BCUT2D eigenvalue weighted by Crippen LogP contribution is 2.41. The molecule has 1 rings (SSSR count). The van der Waals surface area contributed by atoms with Crippen LogP contribution in [0.2, 0.25) is 0 Å². The fourth-order valence-corrected chi connectivity index (χ4v) is 1.94. The third-order valence-corrected chi connectivity index (χ3v) is 2.93. The topological polar surface area (TPSA) is 77.8 Å². The van der Waals surface area contributed by atoms with E-state index in [9.17, 15) is 22.8 Å². The number of aliphatic carboxylic acids is 1. The quantitative estimate of drug-likeness (QED) is 0.746. The summed E-state index contributed by atoms with van der Waals surface area (Å²) in [6.07, 6.45) is -6.73. The van der Waals surface area contributed by atoms with Crippen LogP contribution in [0.15, 0.2) is 0 Å². The second kappa shape index (κ2) is 4.08. The minimum absolute atomic E-state index is 0.426. The Labute approximate surface area is 94.8 Å². The Hall–Kier alpha value is -1.47. The normalized spacial score (nSPS) is 30.1. The predicted octanol–water partition coefficient (Wildman–Crippen LogP) is 1.64. The van der Waals surface area contributed by atoms with E-state index in [4.69, 9.17) is 10.2 Å². The molecule has 0 saturated carbocycles. The second-order valence-corrected chi connectivity index (χ2v) is 4.47. The minimum atomic E-state index is -4.59. The molecule has 0 spiro atoms. The first-order valence-electron chi connectivity index (χ1n) is 4.84. The number of carboxylic acid groups (broad SMARTS) is 2. The van der Waals surface area contributed by atoms with E-state index >= 15 is 0 Å². The zero-order valence-corrected chi connectivity index (χ0v) is 8.99. The number of halogens is 3. The summed E-state index contributed by atoms with van der Waals surface area (Å²) >= 11 is 0. The Morgan fingerprint density at radius 3 is 2.24 bits per heavy atom. The molecule has 2 N–H and O–H groups in total. The maximum atomic E-state index is 12.6. The molecule has 98 valence electrons. The van der Waals surface area contributed by atoms with E-state index in [0.717, 1.165) is 6.92 Å². The Morgan fingerprint density at radius 2 is 1.88 bits per heavy atom. The summed E-state index contributed by atoms with van der Waals surface area (Å²) in [4.78, 5) is 22.1. The molecule has 1 aliphatic heterocycles. The number of nitrogens with zero attached hydrogens (tertiary/aromatic N) is 1. The van der Waals surface area contributed by atoms with Gasteiger partial charge in [-0.3, -0.25) is 4.79 Å². The molecule has 0 radical (unpaired) electrons. The van der Waals surface area contributed by atoms with Crippen molar-refractivity contribution in [1.82, 2.24) is 4.90 Å². The molecule has 1 aliphatic rings. The van der Waals surface area contributed by atoms with Crippen molar-refractivity contribution in [3.05, 3.63) is 0 Å². The molecule has 1 saturated heterocycles. The van der Waals surface area contributed by atoms with Gasteiger partial charge in [0, 0.05) is 13.1 Å². The molecule has 0 bridgehead atoms. The molecule has 1 heterocycles. The lowest BCUT2D eigenvalue weighted by Crippen LogP contribution is -2.54. The summed E-state index contributed by atoms with van der Waals surface area (Å²) in [6.45, 7) is -0.00484. The van der Waals surface area contributed by atoms with E-state index < -0.39 is 49.1 Å². The number of alkyl halides is 3. The number of hydrogen-bond donors (Lipinski definition) is 2. The van der Waals surface area contributed by atoms with Crippen molar-refractivity contribution in [2.75, 3.05) is 13.1 Å². The average Bonchev–Trinajstić information content (AvgIpc) is 2.15. The fraction of sp³-hybridized carbons (Fsp3) is 0.778. The standard InChI is InChI=1S/C9H12F3NO4/c1-8(6(14)15)2-5(9(10,11)12)3-13(4-8)7(16)17/h5H,2-4H2,1H3,(H,14,15)(H,16,17). The molecular formula is C9H12F3NO4. The van der Waals surface area contributed by atoms with Crippen molar-refractivity contribution >= 4 is 12.1 Å². The SMILES string of the molecule is CC1(C(=O)O)CC(C(F)(F)F)CN(C(=O)O)C1. The van der Waals surface area contributed by atoms with E-state index in [1.807, 2.05) is 0 Å². The van der Waals surface area contributed by atoms with Crippen molar-refractivity contribution < 1.29 is 33.0 Å². The molecule has 8 heteroatoms. The van der Waals surface area contributed by atoms with Gasteiger partial charge in [0.25, 0.3) is 0 Å². The summed E-state index contributed by atoms with van der Waals surface area (Å²) < 4.78 is 37.7. The molecule has 0 aromatic rings. The molecule has 5 nitrogen and oxygen atoms in total. The molecule has 17 heavy (non-hydrogen) atoms. The van der Waals surface area contributed by atoms with Crippen LogP contribution in [0, 0.1) is 11.3 Å². The van der Waals surface area contributed by atoms with Crippen molar-refractivity contribution in [2.45, 2.75) is 19.5 Å². The van der Waals surface area contributed by atoms with Gasteiger partial charge in [-0.1, -0.05) is 0 Å². The summed E-state index contributed by atoms with van der Waals surface area (Å²) in [5, 5.41) is 17.6. The maximum Gasteiger partial charge on any atom is 0.407 e. The lowest BCUT2D eigenvalue weighted by atomic mass is 9.77. The van der Waals surface area contributed by atoms with Crippen molar-refractivity contribution in [3.8, 4) is 0 Å². The van der Waals surface area contributed by atoms with Crippen LogP contribution in [0.1, 0.15) is 13.3 Å². The highest BCUT2D eigenvalue weighted by atomic mass is 19.4. The minimum Gasteiger partial charge on any atom is -0.481 e. The van der Waals surface area contributed by atoms with Gasteiger partial charge in [-0.25, -0.2) is 4.79 Å². The first-order valence-corrected chi connectivity index (χ1v) is 4.84. The van der Waals surface area contributed by atoms with Gasteiger partial charge in [-0.15, -0.1) is 0 Å². The van der Waals surface area contributed by atoms with Crippen LogP contribution in [0.4, 0.5) is 18.0 Å². The van der Waals surface area contributed by atoms with Crippen LogP contribution in [0.3, 0.4) is 0 Å². The number of likely N-dealkylation sites (tertiary alicyclic amines) is 1. The van der Waals surface area contributed by atoms with Crippen LogP contribution in [-0.4, -0.2) is 46.4 Å². The van der Waals surface area contributed by atoms with Gasteiger partial charge in [0.05, 0.1) is 11.3 Å². The lowest BCUT2D eigenvalue weighted by molar-refractivity contribution is -0.199. The third-order valence-electron chi connectivity index (χ3n) is 2.93. The molecule has 1 fully saturated rings. The smallest absolute Gasteiger partial charge is 0.407 e. The second-order valence-electron chi connectivity index (χ2n) is 4.47. The number of hydrogen-bond acceptors (Lipinski definition) is 2. The predicted molar refractivity (Wildman–Crippen MR) is 49.5 cm³/mol. The highest BCUT2D eigenvalue weighted by Gasteiger charge is 2.52. The van der Waals surface area contributed by atoms with E-state index in [-0.39, 0.29) is 0 Å². The molecule has 1 amide bonds. The van der Waals surface area contributed by atoms with E-state index in [1.165, 1.54) is 0 Å². The fourth-order valence-electron chi connectivity index (χ4n) is 1.94. The van der Waals surface area contributed by atoms with E-state index in [0.29, 0.717) is 4.90 Å². The van der Waals surface area contributed by atoms with E-state index in [2.05, 4.69) is 0 Å². The first kappa shape index (κ1) is 13.6. The lowest BCUT2D eigenvalue weighted by Gasteiger charge is -2.41. The van der Waals surface area contributed by atoms with E-state index in [1.54, 1.807) is 0 Å². The molecular weight excluding hydrogens is 243 g/mol. The number of rotatable bonds is 1. The average molecular weight is 255 g/mol. The van der Waals surface area contributed by atoms with Crippen molar-refractivity contribution in [3.63, 3.8) is 0 Å². The van der Waals surface area contributed by atoms with Gasteiger partial charge < -0.3 is 15.1 Å². The number of piperidine rings is 1. The highest BCUT2D eigenvalue weighted by molar-refractivity contribution is 5.76. The number of carbonyl (C=O) groups is 2. The zero-order chi connectivity index (χ0) is 13.4. The maximum absolute atomic E-state index is 12.6. The monoisotopic (exact) mass is 255 g/mol. The Kier molecular flexibility index (Phi) is 3.26. The van der Waals surface area contributed by atoms with Gasteiger partial charge in [0.15, 0.2) is 0 Å². The van der Waals surface area contributed by atoms with Gasteiger partial charge >= 0.3 is 18.2 Å². The summed E-state index contributed by atoms with van der Waals surface area (Å²) in [5.41, 5.74) is -1.70. The van der Waals surface area contributed by atoms with Crippen molar-refractivity contribution in [1.29, 1.82) is 0 Å². The van der Waals surface area contributed by atoms with Crippen LogP contribution < -0.4 is 0 Å². The summed E-state index contributed by atoms with van der Waals surface area (Å²) in [7, 11) is 0. The third kappa shape index (κ3) is 2.80. The summed E-state index contributed by atoms with van der Waals surface area (Å²) in [6, 6.07) is 0. The summed E-state index contributed by atoms with van der Waals surface area (Å²) in [5.74, 6) is -3.36. The van der Waals surface area contributed by atoms with Crippen LogP contribution >= 0.6 is 0 Å². The van der Waals surface area contributed by atoms with Crippen LogP contribution in [0.25, 0.3) is 0 Å². The molecule has 2 unspecified atom stereocenters. The van der Waals surface area contributed by atoms with Crippen LogP contribution in [0.5, 0.6) is 0 Å². The van der Waals surface area contributed by atoms with Crippen LogP contribution in [-0.2, 0) is 4.79 Å². The number of carboxylic acids is 1.